The van der Waals surface area contributed by atoms with Crippen LogP contribution in [0.5, 0.6) is 5.88 Å². The number of benzene rings is 1. The van der Waals surface area contributed by atoms with Gasteiger partial charge in [-0.05, 0) is 24.5 Å². The molecule has 0 fully saturated rings. The molecule has 1 aromatic carbocycles. The van der Waals surface area contributed by atoms with E-state index in [2.05, 4.69) is 0 Å². The van der Waals surface area contributed by atoms with E-state index in [0.717, 1.165) is 10.1 Å². The lowest BCUT2D eigenvalue weighted by Gasteiger charge is -2.21. The van der Waals surface area contributed by atoms with Crippen molar-refractivity contribution < 1.29 is 9.84 Å². The highest BCUT2D eigenvalue weighted by Crippen LogP contribution is 2.24. The number of nitrogens with zero attached hydrogens (tertiary/aromatic N) is 2. The van der Waals surface area contributed by atoms with Crippen LogP contribution in [0.2, 0.25) is 0 Å². The Morgan fingerprint density at radius 3 is 2.64 bits per heavy atom. The summed E-state index contributed by atoms with van der Waals surface area (Å²) in [6.45, 7) is 3.80. The second kappa shape index (κ2) is 6.92. The first-order chi connectivity index (χ1) is 10.6. The summed E-state index contributed by atoms with van der Waals surface area (Å²) in [5.41, 5.74) is 1.15. The molecule has 0 amide bonds. The van der Waals surface area contributed by atoms with Crippen LogP contribution in [0.4, 0.5) is 0 Å². The fourth-order valence-corrected chi connectivity index (χ4v) is 2.29. The highest BCUT2D eigenvalue weighted by molar-refractivity contribution is 5.43. The lowest BCUT2D eigenvalue weighted by Crippen LogP contribution is -2.26. The van der Waals surface area contributed by atoms with E-state index >= 15 is 0 Å². The molecule has 1 heterocycles. The Bertz CT molecular complexity index is 745. The Morgan fingerprint density at radius 2 is 2.05 bits per heavy atom. The Labute approximate surface area is 129 Å². The first-order valence-corrected chi connectivity index (χ1v) is 7.09. The average Bonchev–Trinajstić information content (AvgIpc) is 2.51. The van der Waals surface area contributed by atoms with E-state index < -0.39 is 6.23 Å². The summed E-state index contributed by atoms with van der Waals surface area (Å²) in [4.78, 5) is 12.2. The van der Waals surface area contributed by atoms with Crippen LogP contribution in [0.25, 0.3) is 0 Å². The summed E-state index contributed by atoms with van der Waals surface area (Å²) in [7, 11) is 0. The molecule has 0 saturated heterocycles. The number of rotatable bonds is 5. The molecule has 0 aliphatic heterocycles. The smallest absolute Gasteiger partial charge is 0.255 e. The SMILES string of the molecule is CCC(OCc1ccccc1)n1c(O)c(C#N)c(C)cc1=O. The lowest BCUT2D eigenvalue weighted by molar-refractivity contribution is -0.0185. The van der Waals surface area contributed by atoms with Crippen LogP contribution < -0.4 is 5.56 Å². The van der Waals surface area contributed by atoms with Gasteiger partial charge in [0, 0.05) is 6.07 Å². The van der Waals surface area contributed by atoms with Crippen LogP contribution in [0.3, 0.4) is 0 Å². The maximum Gasteiger partial charge on any atom is 0.255 e. The zero-order valence-electron chi connectivity index (χ0n) is 12.6. The van der Waals surface area contributed by atoms with Crippen molar-refractivity contribution >= 4 is 0 Å². The maximum absolute atomic E-state index is 12.2. The Kier molecular flexibility index (Phi) is 4.97. The van der Waals surface area contributed by atoms with Crippen LogP contribution in [-0.4, -0.2) is 9.67 Å². The van der Waals surface area contributed by atoms with Crippen molar-refractivity contribution in [2.45, 2.75) is 33.1 Å². The Balaban J connectivity index is 2.32. The summed E-state index contributed by atoms with van der Waals surface area (Å²) in [5.74, 6) is -0.340. The Hall–Kier alpha value is -2.58. The summed E-state index contributed by atoms with van der Waals surface area (Å²) < 4.78 is 6.89. The topological polar surface area (TPSA) is 75.2 Å². The summed E-state index contributed by atoms with van der Waals surface area (Å²) in [5, 5.41) is 19.3. The molecule has 1 aromatic heterocycles. The Morgan fingerprint density at radius 1 is 1.36 bits per heavy atom. The molecule has 2 aromatic rings. The van der Waals surface area contributed by atoms with Gasteiger partial charge in [0.2, 0.25) is 5.88 Å². The molecule has 5 nitrogen and oxygen atoms in total. The van der Waals surface area contributed by atoms with E-state index in [9.17, 15) is 9.90 Å². The van der Waals surface area contributed by atoms with Crippen molar-refractivity contribution in [2.75, 3.05) is 0 Å². The van der Waals surface area contributed by atoms with Gasteiger partial charge in [0.1, 0.15) is 17.9 Å². The molecule has 5 heteroatoms. The van der Waals surface area contributed by atoms with E-state index in [1.54, 1.807) is 6.92 Å². The van der Waals surface area contributed by atoms with Crippen molar-refractivity contribution in [2.24, 2.45) is 0 Å². The van der Waals surface area contributed by atoms with E-state index in [1.165, 1.54) is 6.07 Å². The molecule has 1 atom stereocenters. The minimum atomic E-state index is -0.625. The largest absolute Gasteiger partial charge is 0.493 e. The molecule has 0 saturated carbocycles. The second-order valence-corrected chi connectivity index (χ2v) is 5.01. The molecule has 1 N–H and O–H groups in total. The van der Waals surface area contributed by atoms with Crippen LogP contribution in [-0.2, 0) is 11.3 Å². The van der Waals surface area contributed by atoms with Crippen molar-refractivity contribution in [1.29, 1.82) is 5.26 Å². The molecule has 0 radical (unpaired) electrons. The summed E-state index contributed by atoms with van der Waals surface area (Å²) in [6.07, 6.45) is -0.130. The van der Waals surface area contributed by atoms with Gasteiger partial charge in [-0.1, -0.05) is 37.3 Å². The number of hydrogen-bond acceptors (Lipinski definition) is 4. The number of hydrogen-bond donors (Lipinski definition) is 1. The zero-order chi connectivity index (χ0) is 16.1. The van der Waals surface area contributed by atoms with E-state index in [1.807, 2.05) is 43.3 Å². The number of aromatic nitrogens is 1. The molecule has 0 aliphatic rings. The third kappa shape index (κ3) is 3.18. The number of aryl methyl sites for hydroxylation is 1. The third-order valence-electron chi connectivity index (χ3n) is 3.46. The molecule has 22 heavy (non-hydrogen) atoms. The van der Waals surface area contributed by atoms with Crippen LogP contribution >= 0.6 is 0 Å². The van der Waals surface area contributed by atoms with E-state index in [-0.39, 0.29) is 17.0 Å². The van der Waals surface area contributed by atoms with Crippen LogP contribution in [0.15, 0.2) is 41.2 Å². The van der Waals surface area contributed by atoms with Gasteiger partial charge < -0.3 is 9.84 Å². The molecule has 0 bridgehead atoms. The lowest BCUT2D eigenvalue weighted by atomic mass is 10.1. The van der Waals surface area contributed by atoms with Crippen molar-refractivity contribution in [3.63, 3.8) is 0 Å². The van der Waals surface area contributed by atoms with Gasteiger partial charge in [0.15, 0.2) is 0 Å². The standard InChI is InChI=1S/C17H18N2O3/c1-3-16(22-11-13-7-5-4-6-8-13)19-15(20)9-12(2)14(10-18)17(19)21/h4-9,16,21H,3,11H2,1-2H3. The minimum absolute atomic E-state index is 0.0985. The monoisotopic (exact) mass is 298 g/mol. The summed E-state index contributed by atoms with van der Waals surface area (Å²) in [6, 6.07) is 12.8. The predicted molar refractivity (Wildman–Crippen MR) is 82.4 cm³/mol. The molecule has 0 spiro atoms. The van der Waals surface area contributed by atoms with Gasteiger partial charge in [-0.15, -0.1) is 0 Å². The van der Waals surface area contributed by atoms with Crippen LogP contribution in [0.1, 0.15) is 36.3 Å². The number of nitriles is 1. The number of pyridine rings is 1. The van der Waals surface area contributed by atoms with Crippen molar-refractivity contribution in [3.05, 3.63) is 63.4 Å². The first kappa shape index (κ1) is 15.8. The highest BCUT2D eigenvalue weighted by Gasteiger charge is 2.19. The highest BCUT2D eigenvalue weighted by atomic mass is 16.5. The number of aromatic hydroxyl groups is 1. The predicted octanol–water partition coefficient (Wildman–Crippen LogP) is 2.86. The van der Waals surface area contributed by atoms with Gasteiger partial charge in [0.25, 0.3) is 5.56 Å². The van der Waals surface area contributed by atoms with Gasteiger partial charge in [-0.25, -0.2) is 0 Å². The summed E-state index contributed by atoms with van der Waals surface area (Å²) >= 11 is 0. The van der Waals surface area contributed by atoms with E-state index in [0.29, 0.717) is 18.6 Å². The molecule has 0 aliphatic carbocycles. The fraction of sp³-hybridized carbons (Fsp3) is 0.294. The second-order valence-electron chi connectivity index (χ2n) is 5.01. The van der Waals surface area contributed by atoms with Gasteiger partial charge in [0.05, 0.1) is 6.61 Å². The quantitative estimate of drug-likeness (QED) is 0.921. The molecular weight excluding hydrogens is 280 g/mol. The minimum Gasteiger partial charge on any atom is -0.493 e. The first-order valence-electron chi connectivity index (χ1n) is 7.09. The number of ether oxygens (including phenoxy) is 1. The van der Waals surface area contributed by atoms with Gasteiger partial charge in [-0.2, -0.15) is 5.26 Å². The van der Waals surface area contributed by atoms with Crippen molar-refractivity contribution in [1.82, 2.24) is 4.57 Å². The van der Waals surface area contributed by atoms with Crippen LogP contribution in [0, 0.1) is 18.3 Å². The van der Waals surface area contributed by atoms with Gasteiger partial charge >= 0.3 is 0 Å². The zero-order valence-corrected chi connectivity index (χ0v) is 12.6. The fourth-order valence-electron chi connectivity index (χ4n) is 2.29. The third-order valence-corrected chi connectivity index (χ3v) is 3.46. The maximum atomic E-state index is 12.2. The molecule has 1 unspecified atom stereocenters. The van der Waals surface area contributed by atoms with E-state index in [4.69, 9.17) is 10.00 Å². The normalized spacial score (nSPS) is 11.9. The van der Waals surface area contributed by atoms with Gasteiger partial charge in [-0.3, -0.25) is 9.36 Å². The van der Waals surface area contributed by atoms with Crippen molar-refractivity contribution in [3.8, 4) is 11.9 Å². The molecule has 2 rings (SSSR count). The molecular formula is C17H18N2O3. The molecule has 114 valence electrons. The average molecular weight is 298 g/mol.